The van der Waals surface area contributed by atoms with Gasteiger partial charge in [-0.15, -0.1) is 0 Å². The van der Waals surface area contributed by atoms with Crippen LogP contribution in [-0.4, -0.2) is 18.6 Å². The minimum atomic E-state index is 0.0191. The lowest BCUT2D eigenvalue weighted by molar-refractivity contribution is 0.543. The van der Waals surface area contributed by atoms with E-state index in [1.807, 2.05) is 12.1 Å². The Morgan fingerprint density at radius 3 is 2.93 bits per heavy atom. The number of para-hydroxylation sites is 2. The van der Waals surface area contributed by atoms with Gasteiger partial charge in [-0.3, -0.25) is 0 Å². The standard InChI is InChI=1S/C12H15N3/c1-12(2)9-15(8-7-13)11-6-4-3-5-10(11)14-12/h3-6,14H,8-9H2,1-2H3. The van der Waals surface area contributed by atoms with Gasteiger partial charge in [0.05, 0.1) is 17.4 Å². The summed E-state index contributed by atoms with van der Waals surface area (Å²) < 4.78 is 0. The molecule has 1 aliphatic heterocycles. The highest BCUT2D eigenvalue weighted by atomic mass is 15.2. The summed E-state index contributed by atoms with van der Waals surface area (Å²) in [5.74, 6) is 0. The lowest BCUT2D eigenvalue weighted by Gasteiger charge is -2.41. The average molecular weight is 201 g/mol. The molecular formula is C12H15N3. The van der Waals surface area contributed by atoms with Crippen molar-refractivity contribution in [3.63, 3.8) is 0 Å². The molecule has 1 heterocycles. The van der Waals surface area contributed by atoms with E-state index in [0.29, 0.717) is 6.54 Å². The quantitative estimate of drug-likeness (QED) is 0.708. The maximum atomic E-state index is 8.80. The summed E-state index contributed by atoms with van der Waals surface area (Å²) >= 11 is 0. The van der Waals surface area contributed by atoms with Crippen LogP contribution in [0.15, 0.2) is 24.3 Å². The molecule has 2 rings (SSSR count). The van der Waals surface area contributed by atoms with E-state index in [1.54, 1.807) is 0 Å². The lowest BCUT2D eigenvalue weighted by atomic mass is 9.99. The van der Waals surface area contributed by atoms with Crippen LogP contribution in [0.5, 0.6) is 0 Å². The van der Waals surface area contributed by atoms with Crippen molar-refractivity contribution in [2.24, 2.45) is 0 Å². The van der Waals surface area contributed by atoms with Crippen LogP contribution in [0.3, 0.4) is 0 Å². The fraction of sp³-hybridized carbons (Fsp3) is 0.417. The van der Waals surface area contributed by atoms with Crippen molar-refractivity contribution in [2.75, 3.05) is 23.3 Å². The fourth-order valence-corrected chi connectivity index (χ4v) is 2.05. The van der Waals surface area contributed by atoms with E-state index >= 15 is 0 Å². The number of hydrogen-bond donors (Lipinski definition) is 1. The highest BCUT2D eigenvalue weighted by Crippen LogP contribution is 2.33. The number of hydrogen-bond acceptors (Lipinski definition) is 3. The third-order valence-corrected chi connectivity index (χ3v) is 2.57. The second-order valence-corrected chi connectivity index (χ2v) is 4.54. The van der Waals surface area contributed by atoms with Gasteiger partial charge in [0.2, 0.25) is 0 Å². The molecule has 0 bridgehead atoms. The Bertz CT molecular complexity index is 404. The molecular weight excluding hydrogens is 186 g/mol. The number of nitriles is 1. The summed E-state index contributed by atoms with van der Waals surface area (Å²) in [6.45, 7) is 5.60. The number of benzene rings is 1. The van der Waals surface area contributed by atoms with Crippen LogP contribution in [0, 0.1) is 11.3 Å². The van der Waals surface area contributed by atoms with Gasteiger partial charge in [-0.25, -0.2) is 0 Å². The number of anilines is 2. The van der Waals surface area contributed by atoms with E-state index in [2.05, 4.69) is 42.3 Å². The molecule has 0 spiro atoms. The Labute approximate surface area is 90.3 Å². The highest BCUT2D eigenvalue weighted by Gasteiger charge is 2.28. The Morgan fingerprint density at radius 2 is 2.20 bits per heavy atom. The molecule has 1 aromatic carbocycles. The Kier molecular flexibility index (Phi) is 2.28. The zero-order valence-corrected chi connectivity index (χ0v) is 9.12. The number of nitrogens with one attached hydrogen (secondary N) is 1. The maximum Gasteiger partial charge on any atom is 0.106 e. The van der Waals surface area contributed by atoms with Crippen molar-refractivity contribution in [1.82, 2.24) is 0 Å². The topological polar surface area (TPSA) is 39.1 Å². The van der Waals surface area contributed by atoms with E-state index in [1.165, 1.54) is 0 Å². The molecule has 15 heavy (non-hydrogen) atoms. The van der Waals surface area contributed by atoms with E-state index in [9.17, 15) is 0 Å². The Balaban J connectivity index is 2.39. The van der Waals surface area contributed by atoms with Crippen LogP contribution in [0.1, 0.15) is 13.8 Å². The van der Waals surface area contributed by atoms with Gasteiger partial charge in [-0.2, -0.15) is 5.26 Å². The second kappa shape index (κ2) is 3.47. The van der Waals surface area contributed by atoms with Crippen LogP contribution >= 0.6 is 0 Å². The molecule has 0 radical (unpaired) electrons. The van der Waals surface area contributed by atoms with Gasteiger partial charge in [-0.1, -0.05) is 12.1 Å². The zero-order valence-electron chi connectivity index (χ0n) is 9.12. The monoisotopic (exact) mass is 201 g/mol. The first-order chi connectivity index (χ1) is 7.12. The molecule has 0 aliphatic carbocycles. The third-order valence-electron chi connectivity index (χ3n) is 2.57. The fourth-order valence-electron chi connectivity index (χ4n) is 2.05. The van der Waals surface area contributed by atoms with Crippen LogP contribution in [0.4, 0.5) is 11.4 Å². The molecule has 0 unspecified atom stereocenters. The van der Waals surface area contributed by atoms with Crippen molar-refractivity contribution >= 4 is 11.4 Å². The maximum absolute atomic E-state index is 8.80. The van der Waals surface area contributed by atoms with Crippen LogP contribution < -0.4 is 10.2 Å². The van der Waals surface area contributed by atoms with Crippen molar-refractivity contribution in [3.05, 3.63) is 24.3 Å². The van der Waals surface area contributed by atoms with Gasteiger partial charge in [0.25, 0.3) is 0 Å². The van der Waals surface area contributed by atoms with Crippen LogP contribution in [0.25, 0.3) is 0 Å². The number of nitrogens with zero attached hydrogens (tertiary/aromatic N) is 2. The molecule has 0 aromatic heterocycles. The van der Waals surface area contributed by atoms with Crippen molar-refractivity contribution < 1.29 is 0 Å². The van der Waals surface area contributed by atoms with E-state index in [-0.39, 0.29) is 5.54 Å². The summed E-state index contributed by atoms with van der Waals surface area (Å²) in [5, 5.41) is 12.3. The molecule has 1 aromatic rings. The van der Waals surface area contributed by atoms with E-state index in [4.69, 9.17) is 5.26 Å². The van der Waals surface area contributed by atoms with Crippen molar-refractivity contribution in [3.8, 4) is 6.07 Å². The molecule has 3 nitrogen and oxygen atoms in total. The summed E-state index contributed by atoms with van der Waals surface area (Å²) in [5.41, 5.74) is 2.26. The zero-order chi connectivity index (χ0) is 10.9. The van der Waals surface area contributed by atoms with E-state index < -0.39 is 0 Å². The van der Waals surface area contributed by atoms with Crippen molar-refractivity contribution in [1.29, 1.82) is 5.26 Å². The predicted octanol–water partition coefficient (Wildman–Crippen LogP) is 2.22. The summed E-state index contributed by atoms with van der Waals surface area (Å²) in [7, 11) is 0. The number of fused-ring (bicyclic) bond motifs is 1. The third kappa shape index (κ3) is 1.89. The predicted molar refractivity (Wildman–Crippen MR) is 62.0 cm³/mol. The minimum Gasteiger partial charge on any atom is -0.377 e. The molecule has 3 heteroatoms. The molecule has 0 fully saturated rings. The van der Waals surface area contributed by atoms with Gasteiger partial charge in [0.1, 0.15) is 6.54 Å². The summed E-state index contributed by atoms with van der Waals surface area (Å²) in [4.78, 5) is 2.12. The average Bonchev–Trinajstić information content (AvgIpc) is 2.16. The normalized spacial score (nSPS) is 17.5. The second-order valence-electron chi connectivity index (χ2n) is 4.54. The van der Waals surface area contributed by atoms with Gasteiger partial charge in [0, 0.05) is 12.1 Å². The Hall–Kier alpha value is -1.69. The van der Waals surface area contributed by atoms with Gasteiger partial charge in [-0.05, 0) is 26.0 Å². The van der Waals surface area contributed by atoms with Gasteiger partial charge in [0.15, 0.2) is 0 Å². The van der Waals surface area contributed by atoms with Gasteiger partial charge < -0.3 is 10.2 Å². The van der Waals surface area contributed by atoms with Gasteiger partial charge >= 0.3 is 0 Å². The first kappa shape index (κ1) is 9.85. The molecule has 78 valence electrons. The largest absolute Gasteiger partial charge is 0.377 e. The highest BCUT2D eigenvalue weighted by molar-refractivity contribution is 5.73. The van der Waals surface area contributed by atoms with Crippen LogP contribution in [-0.2, 0) is 0 Å². The number of rotatable bonds is 1. The van der Waals surface area contributed by atoms with Crippen LogP contribution in [0.2, 0.25) is 0 Å². The molecule has 1 N–H and O–H groups in total. The summed E-state index contributed by atoms with van der Waals surface area (Å²) in [6, 6.07) is 10.3. The molecule has 0 saturated carbocycles. The van der Waals surface area contributed by atoms with E-state index in [0.717, 1.165) is 17.9 Å². The summed E-state index contributed by atoms with van der Waals surface area (Å²) in [6.07, 6.45) is 0. The smallest absolute Gasteiger partial charge is 0.106 e. The van der Waals surface area contributed by atoms with Crippen molar-refractivity contribution in [2.45, 2.75) is 19.4 Å². The molecule has 0 amide bonds. The first-order valence-corrected chi connectivity index (χ1v) is 5.11. The lowest BCUT2D eigenvalue weighted by Crippen LogP contribution is -2.48. The Morgan fingerprint density at radius 1 is 1.47 bits per heavy atom. The molecule has 0 saturated heterocycles. The first-order valence-electron chi connectivity index (χ1n) is 5.11. The molecule has 1 aliphatic rings. The molecule has 0 atom stereocenters. The SMILES string of the molecule is CC1(C)CN(CC#N)c2ccccc2N1. The minimum absolute atomic E-state index is 0.0191.